The molecule has 0 saturated carbocycles. The van der Waals surface area contributed by atoms with Crippen LogP contribution in [-0.4, -0.2) is 85.3 Å². The molecule has 0 radical (unpaired) electrons. The van der Waals surface area contributed by atoms with Crippen LogP contribution in [0.25, 0.3) is 0 Å². The maximum Gasteiger partial charge on any atom is 0.197 e. The largest absolute Gasteiger partial charge is 0.394 e. The van der Waals surface area contributed by atoms with E-state index in [9.17, 15) is 25.5 Å². The fourth-order valence-corrected chi connectivity index (χ4v) is 1.79. The molecule has 8 heteroatoms. The van der Waals surface area contributed by atoms with E-state index in [2.05, 4.69) is 0 Å². The van der Waals surface area contributed by atoms with Crippen LogP contribution < -0.4 is 0 Å². The van der Waals surface area contributed by atoms with E-state index in [4.69, 9.17) is 14.9 Å². The quantitative estimate of drug-likeness (QED) is 0.267. The van der Waals surface area contributed by atoms with Crippen molar-refractivity contribution in [3.8, 4) is 0 Å². The van der Waals surface area contributed by atoms with Crippen LogP contribution in [0.15, 0.2) is 0 Å². The molecule has 0 amide bonds. The summed E-state index contributed by atoms with van der Waals surface area (Å²) in [4.78, 5) is 0. The van der Waals surface area contributed by atoms with Gasteiger partial charge in [0.2, 0.25) is 0 Å². The van der Waals surface area contributed by atoms with Crippen LogP contribution in [0.3, 0.4) is 0 Å². The maximum absolute atomic E-state index is 9.91. The molecule has 0 spiro atoms. The summed E-state index contributed by atoms with van der Waals surface area (Å²) in [6.45, 7) is -1.34. The first-order valence-corrected chi connectivity index (χ1v) is 5.20. The van der Waals surface area contributed by atoms with E-state index in [1.807, 2.05) is 0 Å². The fourth-order valence-electron chi connectivity index (χ4n) is 1.79. The average Bonchev–Trinajstić information content (AvgIpc) is 2.31. The van der Waals surface area contributed by atoms with Crippen LogP contribution in [0.5, 0.6) is 0 Å². The van der Waals surface area contributed by atoms with Crippen LogP contribution >= 0.6 is 0 Å². The third-order valence-corrected chi connectivity index (χ3v) is 2.79. The highest BCUT2D eigenvalue weighted by Crippen LogP contribution is 2.31. The van der Waals surface area contributed by atoms with E-state index in [-0.39, 0.29) is 0 Å². The summed E-state index contributed by atoms with van der Waals surface area (Å²) in [5.41, 5.74) is 0. The van der Waals surface area contributed by atoms with E-state index in [0.29, 0.717) is 0 Å². The molecule has 1 aliphatic heterocycles. The van der Waals surface area contributed by atoms with Gasteiger partial charge >= 0.3 is 0 Å². The lowest BCUT2D eigenvalue weighted by Gasteiger charge is -2.45. The average molecular weight is 254 g/mol. The molecule has 17 heavy (non-hydrogen) atoms. The molecule has 1 rings (SSSR count). The molecule has 0 aromatic heterocycles. The molecule has 7 N–H and O–H groups in total. The summed E-state index contributed by atoms with van der Waals surface area (Å²) in [5, 5.41) is 65.1. The van der Waals surface area contributed by atoms with Crippen molar-refractivity contribution in [1.29, 1.82) is 0 Å². The van der Waals surface area contributed by atoms with Crippen molar-refractivity contribution in [1.82, 2.24) is 0 Å². The summed E-state index contributed by atoms with van der Waals surface area (Å²) in [7, 11) is 0. The van der Waals surface area contributed by atoms with E-state index < -0.39 is 55.9 Å². The zero-order valence-electron chi connectivity index (χ0n) is 9.05. The van der Waals surface area contributed by atoms with Crippen molar-refractivity contribution in [2.24, 2.45) is 0 Å². The smallest absolute Gasteiger partial charge is 0.197 e. The first kappa shape index (κ1) is 14.7. The van der Waals surface area contributed by atoms with E-state index in [0.717, 1.165) is 0 Å². The summed E-state index contributed by atoms with van der Waals surface area (Å²) in [5.74, 6) is -2.34. The lowest BCUT2D eigenvalue weighted by atomic mass is 9.89. The normalized spacial score (nSPS) is 44.6. The summed E-state index contributed by atoms with van der Waals surface area (Å²) in [6.07, 6.45) is -8.36. The molecule has 1 heterocycles. The van der Waals surface area contributed by atoms with Gasteiger partial charge in [-0.05, 0) is 0 Å². The molecule has 0 aromatic rings. The standard InChI is InChI=1S/C9H18O8/c10-2-4(12)1-9(16)8(15)7(14)6(13)5(3-11)17-9/h4-8,10-16H,1-3H2/t4?,5-,6-,7+,8+,9?/m1/s1. The Morgan fingerprint density at radius 3 is 2.18 bits per heavy atom. The molecule has 0 aromatic carbocycles. The van der Waals surface area contributed by atoms with Crippen LogP contribution in [0.4, 0.5) is 0 Å². The second-order valence-electron chi connectivity index (χ2n) is 4.15. The monoisotopic (exact) mass is 254 g/mol. The highest BCUT2D eigenvalue weighted by atomic mass is 16.7. The van der Waals surface area contributed by atoms with Gasteiger partial charge in [0.1, 0.15) is 24.4 Å². The lowest BCUT2D eigenvalue weighted by molar-refractivity contribution is -0.356. The van der Waals surface area contributed by atoms with Gasteiger partial charge in [0.25, 0.3) is 0 Å². The first-order valence-electron chi connectivity index (χ1n) is 5.20. The Labute approximate surface area is 97.3 Å². The number of aliphatic hydroxyl groups excluding tert-OH is 6. The van der Waals surface area contributed by atoms with Gasteiger partial charge in [0.05, 0.1) is 19.3 Å². The van der Waals surface area contributed by atoms with E-state index >= 15 is 0 Å². The number of hydrogen-bond acceptors (Lipinski definition) is 8. The molecular formula is C9H18O8. The molecule has 1 aliphatic rings. The molecule has 102 valence electrons. The highest BCUT2D eigenvalue weighted by molar-refractivity contribution is 4.96. The Morgan fingerprint density at radius 1 is 1.12 bits per heavy atom. The molecule has 8 nitrogen and oxygen atoms in total. The van der Waals surface area contributed by atoms with Crippen LogP contribution in [0, 0.1) is 0 Å². The number of ether oxygens (including phenoxy) is 1. The predicted octanol–water partition coefficient (Wildman–Crippen LogP) is -4.11. The molecule has 1 fully saturated rings. The van der Waals surface area contributed by atoms with Gasteiger partial charge in [0, 0.05) is 6.42 Å². The van der Waals surface area contributed by atoms with Gasteiger partial charge in [-0.1, -0.05) is 0 Å². The predicted molar refractivity (Wildman–Crippen MR) is 52.6 cm³/mol. The van der Waals surface area contributed by atoms with Gasteiger partial charge in [0.15, 0.2) is 5.79 Å². The van der Waals surface area contributed by atoms with Crippen molar-refractivity contribution in [2.75, 3.05) is 13.2 Å². The van der Waals surface area contributed by atoms with E-state index in [1.54, 1.807) is 0 Å². The van der Waals surface area contributed by atoms with E-state index in [1.165, 1.54) is 0 Å². The van der Waals surface area contributed by atoms with Gasteiger partial charge in [-0.25, -0.2) is 0 Å². The third kappa shape index (κ3) is 2.92. The van der Waals surface area contributed by atoms with Crippen LogP contribution in [0.1, 0.15) is 6.42 Å². The fraction of sp³-hybridized carbons (Fsp3) is 1.00. The number of rotatable bonds is 4. The zero-order chi connectivity index (χ0) is 13.2. The Kier molecular flexibility index (Phi) is 4.81. The summed E-state index contributed by atoms with van der Waals surface area (Å²) < 4.78 is 4.86. The van der Waals surface area contributed by atoms with Crippen molar-refractivity contribution < 1.29 is 40.5 Å². The van der Waals surface area contributed by atoms with Crippen molar-refractivity contribution in [3.63, 3.8) is 0 Å². The second-order valence-corrected chi connectivity index (χ2v) is 4.15. The van der Waals surface area contributed by atoms with Crippen molar-refractivity contribution >= 4 is 0 Å². The van der Waals surface area contributed by atoms with Gasteiger partial charge in [-0.2, -0.15) is 0 Å². The third-order valence-electron chi connectivity index (χ3n) is 2.79. The number of hydrogen-bond donors (Lipinski definition) is 7. The topological polar surface area (TPSA) is 151 Å². The number of aliphatic hydroxyl groups is 7. The Hall–Kier alpha value is -0.320. The minimum Gasteiger partial charge on any atom is -0.394 e. The lowest BCUT2D eigenvalue weighted by Crippen LogP contribution is -2.66. The van der Waals surface area contributed by atoms with Gasteiger partial charge in [-0.3, -0.25) is 0 Å². The van der Waals surface area contributed by atoms with Crippen molar-refractivity contribution in [2.45, 2.75) is 42.7 Å². The summed E-state index contributed by atoms with van der Waals surface area (Å²) in [6, 6.07) is 0. The first-order chi connectivity index (χ1) is 7.85. The molecular weight excluding hydrogens is 236 g/mol. The molecule has 2 unspecified atom stereocenters. The molecule has 0 bridgehead atoms. The van der Waals surface area contributed by atoms with Gasteiger partial charge in [-0.15, -0.1) is 0 Å². The van der Waals surface area contributed by atoms with Gasteiger partial charge < -0.3 is 40.5 Å². The zero-order valence-corrected chi connectivity index (χ0v) is 9.05. The van der Waals surface area contributed by atoms with Crippen LogP contribution in [0.2, 0.25) is 0 Å². The SMILES string of the molecule is OCC(O)CC1(O)O[C@H](CO)[C@@H](O)[C@H](O)[C@@H]1O. The molecule has 6 atom stereocenters. The van der Waals surface area contributed by atoms with Crippen LogP contribution in [-0.2, 0) is 4.74 Å². The Bertz CT molecular complexity index is 247. The highest BCUT2D eigenvalue weighted by Gasteiger charge is 2.53. The Balaban J connectivity index is 2.83. The second kappa shape index (κ2) is 5.55. The summed E-state index contributed by atoms with van der Waals surface area (Å²) >= 11 is 0. The Morgan fingerprint density at radius 2 is 1.71 bits per heavy atom. The molecule has 0 aliphatic carbocycles. The van der Waals surface area contributed by atoms with Crippen molar-refractivity contribution in [3.05, 3.63) is 0 Å². The minimum atomic E-state index is -2.34. The maximum atomic E-state index is 9.91. The minimum absolute atomic E-state index is 0.565. The molecule has 1 saturated heterocycles.